The fourth-order valence-electron chi connectivity index (χ4n) is 4.66. The standard InChI is InChI=1S/C34H36FN3O4S/c1-3-26(2)36-34(40)32(23-27-15-7-4-8-16-27)37(24-28-17-9-5-10-18-28)33(39)25-38(31-22-14-13-21-30(31)35)43(41,42)29-19-11-6-12-20-29/h4-22,26,32H,3,23-25H2,1-2H3,(H,36,40)/t26-,32-/m1/s1. The molecule has 2 amide bonds. The Balaban J connectivity index is 1.79. The normalized spacial score (nSPS) is 12.6. The third-order valence-electron chi connectivity index (χ3n) is 7.20. The van der Waals surface area contributed by atoms with Gasteiger partial charge in [-0.05, 0) is 48.7 Å². The second kappa shape index (κ2) is 14.6. The van der Waals surface area contributed by atoms with Crippen LogP contribution in [0.1, 0.15) is 31.4 Å². The fourth-order valence-corrected chi connectivity index (χ4v) is 6.11. The predicted molar refractivity (Wildman–Crippen MR) is 166 cm³/mol. The number of para-hydroxylation sites is 1. The number of hydrogen-bond donors (Lipinski definition) is 1. The van der Waals surface area contributed by atoms with Crippen molar-refractivity contribution >= 4 is 27.5 Å². The topological polar surface area (TPSA) is 86.8 Å². The molecule has 4 rings (SSSR count). The lowest BCUT2D eigenvalue weighted by molar-refractivity contribution is -0.140. The highest BCUT2D eigenvalue weighted by atomic mass is 32.2. The first-order valence-electron chi connectivity index (χ1n) is 14.2. The highest BCUT2D eigenvalue weighted by Gasteiger charge is 2.35. The van der Waals surface area contributed by atoms with Crippen molar-refractivity contribution in [1.82, 2.24) is 10.2 Å². The monoisotopic (exact) mass is 601 g/mol. The smallest absolute Gasteiger partial charge is 0.264 e. The third-order valence-corrected chi connectivity index (χ3v) is 8.97. The minimum atomic E-state index is -4.36. The number of sulfonamides is 1. The Morgan fingerprint density at radius 3 is 1.91 bits per heavy atom. The summed E-state index contributed by atoms with van der Waals surface area (Å²) in [7, 11) is -4.36. The van der Waals surface area contributed by atoms with Crippen molar-refractivity contribution < 1.29 is 22.4 Å². The highest BCUT2D eigenvalue weighted by molar-refractivity contribution is 7.92. The van der Waals surface area contributed by atoms with E-state index in [1.807, 2.05) is 74.5 Å². The minimum absolute atomic E-state index is 0.0432. The Kier molecular flexibility index (Phi) is 10.7. The summed E-state index contributed by atoms with van der Waals surface area (Å²) >= 11 is 0. The number of halogens is 1. The second-order valence-corrected chi connectivity index (χ2v) is 12.2. The lowest BCUT2D eigenvalue weighted by Gasteiger charge is -2.34. The summed E-state index contributed by atoms with van der Waals surface area (Å²) in [6.07, 6.45) is 0.889. The molecule has 7 nitrogen and oxygen atoms in total. The average molecular weight is 602 g/mol. The minimum Gasteiger partial charge on any atom is -0.352 e. The lowest BCUT2D eigenvalue weighted by Crippen LogP contribution is -2.54. The van der Waals surface area contributed by atoms with Gasteiger partial charge in [0, 0.05) is 19.0 Å². The van der Waals surface area contributed by atoms with Gasteiger partial charge in [0.05, 0.1) is 10.6 Å². The maximum atomic E-state index is 15.1. The number of benzene rings is 4. The van der Waals surface area contributed by atoms with Gasteiger partial charge in [0.1, 0.15) is 18.4 Å². The van der Waals surface area contributed by atoms with E-state index >= 15 is 4.39 Å². The van der Waals surface area contributed by atoms with E-state index in [0.29, 0.717) is 6.42 Å². The van der Waals surface area contributed by atoms with Gasteiger partial charge in [-0.2, -0.15) is 0 Å². The van der Waals surface area contributed by atoms with Gasteiger partial charge < -0.3 is 10.2 Å². The molecule has 43 heavy (non-hydrogen) atoms. The quantitative estimate of drug-likeness (QED) is 0.217. The number of carbonyl (C=O) groups excluding carboxylic acids is 2. The van der Waals surface area contributed by atoms with Crippen LogP contribution in [0.25, 0.3) is 0 Å². The highest BCUT2D eigenvalue weighted by Crippen LogP contribution is 2.27. The molecule has 9 heteroatoms. The summed E-state index contributed by atoms with van der Waals surface area (Å²) < 4.78 is 43.7. The van der Waals surface area contributed by atoms with Crippen LogP contribution in [0.3, 0.4) is 0 Å². The maximum Gasteiger partial charge on any atom is 0.264 e. The zero-order valence-corrected chi connectivity index (χ0v) is 25.1. The first-order valence-corrected chi connectivity index (χ1v) is 15.6. The lowest BCUT2D eigenvalue weighted by atomic mass is 10.0. The van der Waals surface area contributed by atoms with E-state index in [9.17, 15) is 18.0 Å². The van der Waals surface area contributed by atoms with Gasteiger partial charge in [0.15, 0.2) is 0 Å². The first-order chi connectivity index (χ1) is 20.7. The van der Waals surface area contributed by atoms with E-state index in [1.54, 1.807) is 18.2 Å². The Morgan fingerprint density at radius 2 is 1.33 bits per heavy atom. The number of rotatable bonds is 13. The van der Waals surface area contributed by atoms with Crippen molar-refractivity contribution in [3.8, 4) is 0 Å². The van der Waals surface area contributed by atoms with E-state index < -0.39 is 34.3 Å². The zero-order valence-electron chi connectivity index (χ0n) is 24.3. The van der Waals surface area contributed by atoms with E-state index in [-0.39, 0.29) is 35.5 Å². The van der Waals surface area contributed by atoms with Crippen molar-refractivity contribution in [2.24, 2.45) is 0 Å². The number of carbonyl (C=O) groups is 2. The molecule has 0 unspecified atom stereocenters. The van der Waals surface area contributed by atoms with Crippen LogP contribution in [0.2, 0.25) is 0 Å². The second-order valence-electron chi connectivity index (χ2n) is 10.3. The summed E-state index contributed by atoms with van der Waals surface area (Å²) in [6.45, 7) is 3.16. The largest absolute Gasteiger partial charge is 0.352 e. The van der Waals surface area contributed by atoms with Gasteiger partial charge >= 0.3 is 0 Å². The fraction of sp³-hybridized carbons (Fsp3) is 0.235. The molecular formula is C34H36FN3O4S. The van der Waals surface area contributed by atoms with Crippen LogP contribution >= 0.6 is 0 Å². The van der Waals surface area contributed by atoms with Crippen molar-refractivity contribution in [3.63, 3.8) is 0 Å². The van der Waals surface area contributed by atoms with E-state index in [0.717, 1.165) is 21.5 Å². The number of amides is 2. The molecule has 0 bridgehead atoms. The van der Waals surface area contributed by atoms with E-state index in [2.05, 4.69) is 5.32 Å². The Hall–Kier alpha value is -4.50. The van der Waals surface area contributed by atoms with Crippen LogP contribution < -0.4 is 9.62 Å². The summed E-state index contributed by atoms with van der Waals surface area (Å²) in [6, 6.07) is 30.4. The average Bonchev–Trinajstić information content (AvgIpc) is 3.03. The molecular weight excluding hydrogens is 565 g/mol. The van der Waals surface area contributed by atoms with Crippen LogP contribution in [0.4, 0.5) is 10.1 Å². The van der Waals surface area contributed by atoms with Gasteiger partial charge in [-0.1, -0.05) is 97.9 Å². The summed E-state index contributed by atoms with van der Waals surface area (Å²) in [5.41, 5.74) is 1.33. The number of nitrogens with one attached hydrogen (secondary N) is 1. The Bertz CT molecular complexity index is 1600. The van der Waals surface area contributed by atoms with Gasteiger partial charge in [-0.25, -0.2) is 12.8 Å². The van der Waals surface area contributed by atoms with Crippen molar-refractivity contribution in [2.75, 3.05) is 10.8 Å². The molecule has 0 aliphatic carbocycles. The SMILES string of the molecule is CC[C@@H](C)NC(=O)[C@@H](Cc1ccccc1)N(Cc1ccccc1)C(=O)CN(c1ccccc1F)S(=O)(=O)c1ccccc1. The van der Waals surface area contributed by atoms with Crippen molar-refractivity contribution in [1.29, 1.82) is 0 Å². The molecule has 0 radical (unpaired) electrons. The van der Waals surface area contributed by atoms with Gasteiger partial charge in [0.2, 0.25) is 11.8 Å². The molecule has 2 atom stereocenters. The van der Waals surface area contributed by atoms with Gasteiger partial charge in [0.25, 0.3) is 10.0 Å². The molecule has 4 aromatic carbocycles. The molecule has 0 heterocycles. The molecule has 0 aromatic heterocycles. The van der Waals surface area contributed by atoms with Crippen LogP contribution in [0, 0.1) is 5.82 Å². The van der Waals surface area contributed by atoms with Gasteiger partial charge in [-0.3, -0.25) is 13.9 Å². The number of hydrogen-bond acceptors (Lipinski definition) is 4. The van der Waals surface area contributed by atoms with Crippen LogP contribution in [0.15, 0.2) is 120 Å². The summed E-state index contributed by atoms with van der Waals surface area (Å²) in [5, 5.41) is 3.00. The Morgan fingerprint density at radius 1 is 0.791 bits per heavy atom. The zero-order chi connectivity index (χ0) is 30.8. The Labute approximate surface area is 253 Å². The number of nitrogens with zero attached hydrogens (tertiary/aromatic N) is 2. The molecule has 0 aliphatic rings. The van der Waals surface area contributed by atoms with Crippen molar-refractivity contribution in [2.45, 2.75) is 50.2 Å². The molecule has 0 aliphatic heterocycles. The van der Waals surface area contributed by atoms with Crippen LogP contribution in [-0.4, -0.2) is 43.8 Å². The first kappa shape index (κ1) is 31.4. The molecule has 0 spiro atoms. The van der Waals surface area contributed by atoms with E-state index in [4.69, 9.17) is 0 Å². The molecule has 1 N–H and O–H groups in total. The summed E-state index contributed by atoms with van der Waals surface area (Å²) in [5.74, 6) is -1.79. The van der Waals surface area contributed by atoms with Crippen LogP contribution in [-0.2, 0) is 32.6 Å². The number of anilines is 1. The predicted octanol–water partition coefficient (Wildman–Crippen LogP) is 5.58. The maximum absolute atomic E-state index is 15.1. The molecule has 0 fully saturated rings. The summed E-state index contributed by atoms with van der Waals surface area (Å²) in [4.78, 5) is 29.4. The van der Waals surface area contributed by atoms with Gasteiger partial charge in [-0.15, -0.1) is 0 Å². The van der Waals surface area contributed by atoms with Crippen molar-refractivity contribution in [3.05, 3.63) is 132 Å². The molecule has 0 saturated carbocycles. The molecule has 4 aromatic rings. The molecule has 224 valence electrons. The molecule has 0 saturated heterocycles. The van der Waals surface area contributed by atoms with Crippen LogP contribution in [0.5, 0.6) is 0 Å². The van der Waals surface area contributed by atoms with E-state index in [1.165, 1.54) is 35.2 Å². The third kappa shape index (κ3) is 8.08.